The van der Waals surface area contributed by atoms with Crippen LogP contribution in [0.15, 0.2) is 0 Å². The summed E-state index contributed by atoms with van der Waals surface area (Å²) in [6, 6.07) is 0. The van der Waals surface area contributed by atoms with Crippen molar-refractivity contribution in [3.8, 4) is 0 Å². The first-order valence-electron chi connectivity index (χ1n) is 4.35. The van der Waals surface area contributed by atoms with E-state index in [2.05, 4.69) is 4.74 Å². The molecule has 0 spiro atoms. The van der Waals surface area contributed by atoms with E-state index < -0.39 is 24.5 Å². The third kappa shape index (κ3) is 3.67. The van der Waals surface area contributed by atoms with Gasteiger partial charge in [-0.05, 0) is 13.3 Å². The Bertz CT molecular complexity index is 233. The SMILES string of the molecule is CC1(COC(=O)C(F)(F)F)OCCCO1. The molecule has 0 bridgehead atoms. The molecule has 15 heavy (non-hydrogen) atoms. The monoisotopic (exact) mass is 228 g/mol. The number of rotatable bonds is 2. The van der Waals surface area contributed by atoms with Crippen LogP contribution in [-0.2, 0) is 19.0 Å². The van der Waals surface area contributed by atoms with Crippen molar-refractivity contribution >= 4 is 5.97 Å². The maximum absolute atomic E-state index is 11.8. The molecule has 1 heterocycles. The van der Waals surface area contributed by atoms with Gasteiger partial charge in [0.05, 0.1) is 13.2 Å². The normalized spacial score (nSPS) is 21.1. The predicted molar refractivity (Wildman–Crippen MR) is 41.9 cm³/mol. The Morgan fingerprint density at radius 3 is 2.40 bits per heavy atom. The van der Waals surface area contributed by atoms with Gasteiger partial charge in [0.15, 0.2) is 5.79 Å². The van der Waals surface area contributed by atoms with Crippen molar-refractivity contribution < 1.29 is 32.2 Å². The van der Waals surface area contributed by atoms with Crippen LogP contribution in [0.3, 0.4) is 0 Å². The van der Waals surface area contributed by atoms with Crippen molar-refractivity contribution in [2.24, 2.45) is 0 Å². The molecule has 0 aromatic rings. The van der Waals surface area contributed by atoms with Gasteiger partial charge in [0, 0.05) is 0 Å². The van der Waals surface area contributed by atoms with E-state index in [0.29, 0.717) is 19.6 Å². The van der Waals surface area contributed by atoms with E-state index in [1.165, 1.54) is 6.92 Å². The lowest BCUT2D eigenvalue weighted by molar-refractivity contribution is -0.279. The van der Waals surface area contributed by atoms with Crippen LogP contribution < -0.4 is 0 Å². The highest BCUT2D eigenvalue weighted by Crippen LogP contribution is 2.21. The molecule has 1 fully saturated rings. The van der Waals surface area contributed by atoms with Gasteiger partial charge in [-0.25, -0.2) is 4.79 Å². The second-order valence-corrected chi connectivity index (χ2v) is 3.26. The predicted octanol–water partition coefficient (Wildman–Crippen LogP) is 1.24. The van der Waals surface area contributed by atoms with Crippen LogP contribution >= 0.6 is 0 Å². The van der Waals surface area contributed by atoms with Crippen LogP contribution in [0.5, 0.6) is 0 Å². The van der Waals surface area contributed by atoms with Crippen molar-refractivity contribution in [2.75, 3.05) is 19.8 Å². The lowest BCUT2D eigenvalue weighted by Crippen LogP contribution is -2.43. The first kappa shape index (κ1) is 12.3. The lowest BCUT2D eigenvalue weighted by Gasteiger charge is -2.33. The van der Waals surface area contributed by atoms with Crippen LogP contribution in [0.2, 0.25) is 0 Å². The molecule has 4 nitrogen and oxygen atoms in total. The van der Waals surface area contributed by atoms with E-state index in [1.54, 1.807) is 0 Å². The van der Waals surface area contributed by atoms with Gasteiger partial charge in [-0.1, -0.05) is 0 Å². The molecule has 0 saturated carbocycles. The molecule has 1 aliphatic heterocycles. The molecule has 0 N–H and O–H groups in total. The first-order valence-corrected chi connectivity index (χ1v) is 4.35. The maximum atomic E-state index is 11.8. The molecule has 0 aromatic carbocycles. The Morgan fingerprint density at radius 2 is 1.93 bits per heavy atom. The van der Waals surface area contributed by atoms with Gasteiger partial charge in [-0.3, -0.25) is 0 Å². The number of alkyl halides is 3. The van der Waals surface area contributed by atoms with E-state index in [0.717, 1.165) is 0 Å². The first-order chi connectivity index (χ1) is 6.83. The molecular weight excluding hydrogens is 217 g/mol. The lowest BCUT2D eigenvalue weighted by atomic mass is 10.3. The maximum Gasteiger partial charge on any atom is 0.490 e. The largest absolute Gasteiger partial charge is 0.490 e. The zero-order valence-electron chi connectivity index (χ0n) is 8.10. The number of halogens is 3. The summed E-state index contributed by atoms with van der Waals surface area (Å²) in [5, 5.41) is 0. The molecule has 0 aromatic heterocycles. The fourth-order valence-corrected chi connectivity index (χ4v) is 1.04. The molecule has 0 radical (unpaired) electrons. The van der Waals surface area contributed by atoms with Crippen LogP contribution in [0, 0.1) is 0 Å². The fourth-order valence-electron chi connectivity index (χ4n) is 1.04. The van der Waals surface area contributed by atoms with Gasteiger partial charge >= 0.3 is 12.1 Å². The van der Waals surface area contributed by atoms with Crippen LogP contribution in [0.25, 0.3) is 0 Å². The number of hydrogen-bond acceptors (Lipinski definition) is 4. The highest BCUT2D eigenvalue weighted by atomic mass is 19.4. The molecule has 0 amide bonds. The van der Waals surface area contributed by atoms with Gasteiger partial charge in [0.2, 0.25) is 0 Å². The summed E-state index contributed by atoms with van der Waals surface area (Å²) in [5.74, 6) is -3.50. The standard InChI is InChI=1S/C8H11F3O4/c1-7(14-3-2-4-15-7)5-13-6(12)8(9,10)11/h2-5H2,1H3. The minimum absolute atomic E-state index is 0.375. The molecule has 88 valence electrons. The average Bonchev–Trinajstić information content (AvgIpc) is 2.14. The third-order valence-electron chi connectivity index (χ3n) is 1.80. The number of carbonyl (C=O) groups is 1. The van der Waals surface area contributed by atoms with Gasteiger partial charge in [0.25, 0.3) is 0 Å². The molecule has 1 saturated heterocycles. The second-order valence-electron chi connectivity index (χ2n) is 3.26. The van der Waals surface area contributed by atoms with Gasteiger partial charge in [-0.2, -0.15) is 13.2 Å². The van der Waals surface area contributed by atoms with Crippen molar-refractivity contribution in [3.05, 3.63) is 0 Å². The van der Waals surface area contributed by atoms with E-state index in [9.17, 15) is 18.0 Å². The quantitative estimate of drug-likeness (QED) is 0.667. The number of ether oxygens (including phenoxy) is 3. The summed E-state index contributed by atoms with van der Waals surface area (Å²) in [6.45, 7) is 1.61. The Morgan fingerprint density at radius 1 is 1.40 bits per heavy atom. The Labute approximate surface area is 84.3 Å². The molecule has 7 heteroatoms. The second kappa shape index (κ2) is 4.36. The zero-order chi connectivity index (χ0) is 11.5. The summed E-state index contributed by atoms with van der Waals surface area (Å²) in [4.78, 5) is 10.4. The summed E-state index contributed by atoms with van der Waals surface area (Å²) >= 11 is 0. The summed E-state index contributed by atoms with van der Waals surface area (Å²) in [5.41, 5.74) is 0. The number of hydrogen-bond donors (Lipinski definition) is 0. The van der Waals surface area contributed by atoms with Crippen molar-refractivity contribution in [2.45, 2.75) is 25.3 Å². The Kier molecular flexibility index (Phi) is 3.56. The summed E-state index contributed by atoms with van der Waals surface area (Å²) in [7, 11) is 0. The van der Waals surface area contributed by atoms with E-state index >= 15 is 0 Å². The van der Waals surface area contributed by atoms with E-state index in [4.69, 9.17) is 9.47 Å². The molecule has 0 aliphatic carbocycles. The van der Waals surface area contributed by atoms with Gasteiger partial charge in [0.1, 0.15) is 6.61 Å². The van der Waals surface area contributed by atoms with Gasteiger partial charge < -0.3 is 14.2 Å². The Hall–Kier alpha value is -0.820. The fraction of sp³-hybridized carbons (Fsp3) is 0.875. The minimum Gasteiger partial charge on any atom is -0.453 e. The third-order valence-corrected chi connectivity index (χ3v) is 1.80. The average molecular weight is 228 g/mol. The summed E-state index contributed by atoms with van der Waals surface area (Å²) < 4.78 is 49.5. The molecule has 1 rings (SSSR count). The number of esters is 1. The highest BCUT2D eigenvalue weighted by Gasteiger charge is 2.42. The van der Waals surface area contributed by atoms with Crippen molar-refractivity contribution in [1.82, 2.24) is 0 Å². The molecule has 1 aliphatic rings. The van der Waals surface area contributed by atoms with Crippen molar-refractivity contribution in [3.63, 3.8) is 0 Å². The zero-order valence-corrected chi connectivity index (χ0v) is 8.10. The van der Waals surface area contributed by atoms with Crippen LogP contribution in [0.4, 0.5) is 13.2 Å². The van der Waals surface area contributed by atoms with Crippen molar-refractivity contribution in [1.29, 1.82) is 0 Å². The molecule has 0 unspecified atom stereocenters. The minimum atomic E-state index is -4.98. The highest BCUT2D eigenvalue weighted by molar-refractivity contribution is 5.75. The molecule has 0 atom stereocenters. The Balaban J connectivity index is 2.38. The summed E-state index contributed by atoms with van der Waals surface area (Å²) in [6.07, 6.45) is -4.31. The smallest absolute Gasteiger partial charge is 0.453 e. The topological polar surface area (TPSA) is 44.8 Å². The van der Waals surface area contributed by atoms with Crippen LogP contribution in [-0.4, -0.2) is 37.8 Å². The number of carbonyl (C=O) groups excluding carboxylic acids is 1. The van der Waals surface area contributed by atoms with Crippen LogP contribution in [0.1, 0.15) is 13.3 Å². The van der Waals surface area contributed by atoms with E-state index in [-0.39, 0.29) is 0 Å². The molecular formula is C8H11F3O4. The van der Waals surface area contributed by atoms with E-state index in [1.807, 2.05) is 0 Å². The van der Waals surface area contributed by atoms with Gasteiger partial charge in [-0.15, -0.1) is 0 Å².